The van der Waals surface area contributed by atoms with E-state index in [9.17, 15) is 9.59 Å². The van der Waals surface area contributed by atoms with Crippen LogP contribution in [0.2, 0.25) is 0 Å². The van der Waals surface area contributed by atoms with Crippen molar-refractivity contribution in [3.8, 4) is 11.5 Å². The van der Waals surface area contributed by atoms with E-state index in [0.29, 0.717) is 60.1 Å². The van der Waals surface area contributed by atoms with Crippen molar-refractivity contribution in [3.63, 3.8) is 0 Å². The van der Waals surface area contributed by atoms with Gasteiger partial charge >= 0.3 is 0 Å². The van der Waals surface area contributed by atoms with Gasteiger partial charge in [0.25, 0.3) is 11.8 Å². The number of carbonyl (C=O) groups excluding carboxylic acids is 2. The second kappa shape index (κ2) is 8.47. The lowest BCUT2D eigenvalue weighted by Gasteiger charge is -2.22. The van der Waals surface area contributed by atoms with Crippen LogP contribution in [0.15, 0.2) is 39.4 Å². The molecule has 1 aliphatic heterocycles. The molecule has 0 bridgehead atoms. The zero-order valence-electron chi connectivity index (χ0n) is 15.2. The average Bonchev–Trinajstić information content (AvgIpc) is 2.98. The summed E-state index contributed by atoms with van der Waals surface area (Å²) in [6.07, 6.45) is 0.701. The molecule has 0 radical (unpaired) electrons. The van der Waals surface area contributed by atoms with Gasteiger partial charge in [-0.15, -0.1) is 0 Å². The number of rotatable bonds is 4. The molecule has 3 rings (SSSR count). The molecule has 1 aromatic heterocycles. The summed E-state index contributed by atoms with van der Waals surface area (Å²) < 4.78 is 16.4. The standard InChI is InChI=1S/C19H21BrN2O5/c1-25-14-5-4-13(12-16(14)26-2)18(23)21-8-3-9-22(11-10-21)19(24)15-6-7-17(20)27-15/h4-7,12H,3,8-11H2,1-2H3. The zero-order valence-corrected chi connectivity index (χ0v) is 16.8. The molecular weight excluding hydrogens is 416 g/mol. The van der Waals surface area contributed by atoms with Crippen LogP contribution in [0.25, 0.3) is 0 Å². The summed E-state index contributed by atoms with van der Waals surface area (Å²) in [6, 6.07) is 8.45. The Balaban J connectivity index is 1.68. The fourth-order valence-electron chi connectivity index (χ4n) is 3.06. The maximum atomic E-state index is 12.9. The van der Waals surface area contributed by atoms with Crippen LogP contribution in [0, 0.1) is 0 Å². The molecule has 27 heavy (non-hydrogen) atoms. The Hall–Kier alpha value is -2.48. The van der Waals surface area contributed by atoms with Crippen molar-refractivity contribution in [1.29, 1.82) is 0 Å². The lowest BCUT2D eigenvalue weighted by molar-refractivity contribution is 0.0699. The van der Waals surface area contributed by atoms with Gasteiger partial charge in [0.15, 0.2) is 21.9 Å². The third kappa shape index (κ3) is 4.27. The number of halogens is 1. The summed E-state index contributed by atoms with van der Waals surface area (Å²) in [6.45, 7) is 2.07. The Kier molecular flexibility index (Phi) is 6.05. The summed E-state index contributed by atoms with van der Waals surface area (Å²) in [4.78, 5) is 28.9. The van der Waals surface area contributed by atoms with Crippen molar-refractivity contribution in [2.24, 2.45) is 0 Å². The number of nitrogens with zero attached hydrogens (tertiary/aromatic N) is 2. The van der Waals surface area contributed by atoms with Gasteiger partial charge in [-0.25, -0.2) is 0 Å². The van der Waals surface area contributed by atoms with Crippen molar-refractivity contribution in [3.05, 3.63) is 46.3 Å². The summed E-state index contributed by atoms with van der Waals surface area (Å²) in [5.74, 6) is 1.12. The fourth-order valence-corrected chi connectivity index (χ4v) is 3.37. The topological polar surface area (TPSA) is 72.2 Å². The van der Waals surface area contributed by atoms with E-state index in [4.69, 9.17) is 13.9 Å². The van der Waals surface area contributed by atoms with Crippen LogP contribution in [-0.4, -0.2) is 62.0 Å². The first-order valence-electron chi connectivity index (χ1n) is 8.59. The van der Waals surface area contributed by atoms with Gasteiger partial charge in [0.1, 0.15) is 0 Å². The number of hydrogen-bond acceptors (Lipinski definition) is 5. The Bertz CT molecular complexity index is 835. The van der Waals surface area contributed by atoms with Crippen LogP contribution in [0.5, 0.6) is 11.5 Å². The smallest absolute Gasteiger partial charge is 0.289 e. The van der Waals surface area contributed by atoms with Crippen LogP contribution in [0.4, 0.5) is 0 Å². The molecule has 1 saturated heterocycles. The van der Waals surface area contributed by atoms with Crippen molar-refractivity contribution < 1.29 is 23.5 Å². The van der Waals surface area contributed by atoms with E-state index in [2.05, 4.69) is 15.9 Å². The second-order valence-corrected chi connectivity index (χ2v) is 6.89. The van der Waals surface area contributed by atoms with Gasteiger partial charge < -0.3 is 23.7 Å². The van der Waals surface area contributed by atoms with Gasteiger partial charge in [0, 0.05) is 31.7 Å². The minimum absolute atomic E-state index is 0.0917. The van der Waals surface area contributed by atoms with Gasteiger partial charge in [-0.3, -0.25) is 9.59 Å². The molecule has 1 fully saturated rings. The van der Waals surface area contributed by atoms with Crippen molar-refractivity contribution >= 4 is 27.7 Å². The Morgan fingerprint density at radius 3 is 2.19 bits per heavy atom. The van der Waals surface area contributed by atoms with Gasteiger partial charge in [-0.05, 0) is 52.7 Å². The first-order chi connectivity index (χ1) is 13.0. The van der Waals surface area contributed by atoms with E-state index in [1.54, 1.807) is 47.2 Å². The summed E-state index contributed by atoms with van der Waals surface area (Å²) >= 11 is 3.21. The first-order valence-corrected chi connectivity index (χ1v) is 9.38. The molecule has 8 heteroatoms. The summed E-state index contributed by atoms with van der Waals surface area (Å²) in [5, 5.41) is 0. The number of carbonyl (C=O) groups is 2. The number of hydrogen-bond donors (Lipinski definition) is 0. The number of furan rings is 1. The van der Waals surface area contributed by atoms with Crippen LogP contribution in [0.1, 0.15) is 27.3 Å². The van der Waals surface area contributed by atoms with Gasteiger partial charge in [0.2, 0.25) is 0 Å². The fraction of sp³-hybridized carbons (Fsp3) is 0.368. The molecule has 1 aromatic carbocycles. The number of amides is 2. The highest BCUT2D eigenvalue weighted by Gasteiger charge is 2.25. The van der Waals surface area contributed by atoms with E-state index in [0.717, 1.165) is 0 Å². The van der Waals surface area contributed by atoms with E-state index in [-0.39, 0.29) is 11.8 Å². The molecule has 0 spiro atoms. The average molecular weight is 437 g/mol. The Labute approximate surface area is 165 Å². The molecule has 0 N–H and O–H groups in total. The van der Waals surface area contributed by atoms with E-state index < -0.39 is 0 Å². The highest BCUT2D eigenvalue weighted by atomic mass is 79.9. The lowest BCUT2D eigenvalue weighted by Crippen LogP contribution is -2.37. The molecule has 0 unspecified atom stereocenters. The van der Waals surface area contributed by atoms with Crippen molar-refractivity contribution in [1.82, 2.24) is 9.80 Å². The molecular formula is C19H21BrN2O5. The normalized spacial score (nSPS) is 14.6. The molecule has 1 aliphatic rings. The van der Waals surface area contributed by atoms with Crippen molar-refractivity contribution in [2.75, 3.05) is 40.4 Å². The monoisotopic (exact) mass is 436 g/mol. The molecule has 2 heterocycles. The maximum Gasteiger partial charge on any atom is 0.289 e. The molecule has 2 aromatic rings. The van der Waals surface area contributed by atoms with E-state index >= 15 is 0 Å². The molecule has 0 atom stereocenters. The summed E-state index contributed by atoms with van der Waals surface area (Å²) in [7, 11) is 3.09. The third-order valence-electron chi connectivity index (χ3n) is 4.48. The second-order valence-electron chi connectivity index (χ2n) is 6.11. The quantitative estimate of drug-likeness (QED) is 0.736. The van der Waals surface area contributed by atoms with Crippen molar-refractivity contribution in [2.45, 2.75) is 6.42 Å². The minimum atomic E-state index is -0.166. The molecule has 144 valence electrons. The first kappa shape index (κ1) is 19.3. The Morgan fingerprint density at radius 2 is 1.59 bits per heavy atom. The van der Waals surface area contributed by atoms with Crippen LogP contribution < -0.4 is 9.47 Å². The minimum Gasteiger partial charge on any atom is -0.493 e. The Morgan fingerprint density at radius 1 is 0.926 bits per heavy atom. The van der Waals surface area contributed by atoms with E-state index in [1.807, 2.05) is 0 Å². The number of methoxy groups -OCH3 is 2. The molecule has 2 amide bonds. The van der Waals surface area contributed by atoms with Crippen LogP contribution >= 0.6 is 15.9 Å². The highest BCUT2D eigenvalue weighted by molar-refractivity contribution is 9.10. The third-order valence-corrected chi connectivity index (χ3v) is 4.91. The molecule has 7 nitrogen and oxygen atoms in total. The lowest BCUT2D eigenvalue weighted by atomic mass is 10.1. The van der Waals surface area contributed by atoms with Gasteiger partial charge in [-0.2, -0.15) is 0 Å². The molecule has 0 saturated carbocycles. The molecule has 0 aliphatic carbocycles. The predicted molar refractivity (Wildman–Crippen MR) is 102 cm³/mol. The largest absolute Gasteiger partial charge is 0.493 e. The number of benzene rings is 1. The highest BCUT2D eigenvalue weighted by Crippen LogP contribution is 2.28. The summed E-state index contributed by atoms with van der Waals surface area (Å²) in [5.41, 5.74) is 0.530. The number of ether oxygens (including phenoxy) is 2. The SMILES string of the molecule is COc1ccc(C(=O)N2CCCN(C(=O)c3ccc(Br)o3)CC2)cc1OC. The van der Waals surface area contributed by atoms with Crippen LogP contribution in [-0.2, 0) is 0 Å². The zero-order chi connectivity index (χ0) is 19.4. The predicted octanol–water partition coefficient (Wildman–Crippen LogP) is 3.05. The van der Waals surface area contributed by atoms with Gasteiger partial charge in [0.05, 0.1) is 14.2 Å². The van der Waals surface area contributed by atoms with E-state index in [1.165, 1.54) is 7.11 Å². The van der Waals surface area contributed by atoms with Gasteiger partial charge in [-0.1, -0.05) is 0 Å². The maximum absolute atomic E-state index is 12.9. The van der Waals surface area contributed by atoms with Crippen LogP contribution in [0.3, 0.4) is 0 Å².